The smallest absolute Gasteiger partial charge is 0.387 e. The van der Waals surface area contributed by atoms with Crippen LogP contribution in [0.25, 0.3) is 0 Å². The molecule has 0 spiro atoms. The molecule has 0 aliphatic heterocycles. The standard InChI is InChI=1S/C8H17O16P3/c1-21-6-7(10)4(23-26(15,16)17)2(9)3(22-25(12,13)14)5(8(6,7)11)24-27(18,19)20/h2-6,9-11H,1H3,(H2,12,13,14)(H2,15,16,17)(H2,18,19,20)/t2-,3-,4+,5+,6?,7-,8+/m0/s1. The highest BCUT2D eigenvalue weighted by atomic mass is 31.2. The molecule has 160 valence electrons. The zero-order valence-electron chi connectivity index (χ0n) is 13.1. The Morgan fingerprint density at radius 2 is 1.11 bits per heavy atom. The molecule has 1 unspecified atom stereocenters. The van der Waals surface area contributed by atoms with Crippen LogP contribution in [0.1, 0.15) is 0 Å². The van der Waals surface area contributed by atoms with Gasteiger partial charge >= 0.3 is 23.5 Å². The van der Waals surface area contributed by atoms with E-state index in [0.717, 1.165) is 7.11 Å². The number of aliphatic hydroxyl groups excluding tert-OH is 1. The first-order valence-electron chi connectivity index (χ1n) is 6.76. The van der Waals surface area contributed by atoms with Gasteiger partial charge in [0.2, 0.25) is 0 Å². The molecular formula is C8H17O16P3. The number of rotatable bonds is 7. The van der Waals surface area contributed by atoms with E-state index in [0.29, 0.717) is 0 Å². The zero-order chi connectivity index (χ0) is 21.2. The average Bonchev–Trinajstić information content (AvgIpc) is 2.93. The van der Waals surface area contributed by atoms with E-state index in [-0.39, 0.29) is 0 Å². The molecule has 19 heteroatoms. The summed E-state index contributed by atoms with van der Waals surface area (Å²) < 4.78 is 50.8. The van der Waals surface area contributed by atoms with Crippen molar-refractivity contribution in [3.05, 3.63) is 0 Å². The summed E-state index contributed by atoms with van der Waals surface area (Å²) in [5.74, 6) is 0. The minimum absolute atomic E-state index is 0.868. The summed E-state index contributed by atoms with van der Waals surface area (Å²) in [6.45, 7) is 0. The Bertz CT molecular complexity index is 723. The van der Waals surface area contributed by atoms with Crippen molar-refractivity contribution in [2.45, 2.75) is 41.7 Å². The van der Waals surface area contributed by atoms with Crippen LogP contribution in [0.4, 0.5) is 0 Å². The van der Waals surface area contributed by atoms with E-state index in [1.165, 1.54) is 0 Å². The van der Waals surface area contributed by atoms with Gasteiger partial charge in [-0.3, -0.25) is 13.6 Å². The number of methoxy groups -OCH3 is 1. The molecule has 2 aliphatic carbocycles. The van der Waals surface area contributed by atoms with Crippen LogP contribution in [0.2, 0.25) is 0 Å². The number of ether oxygens (including phenoxy) is 1. The Kier molecular flexibility index (Phi) is 5.96. The van der Waals surface area contributed by atoms with Gasteiger partial charge in [-0.25, -0.2) is 13.7 Å². The minimum Gasteiger partial charge on any atom is -0.387 e. The summed E-state index contributed by atoms with van der Waals surface area (Å²) in [4.78, 5) is 53.8. The van der Waals surface area contributed by atoms with Gasteiger partial charge in [0.25, 0.3) is 0 Å². The third-order valence-electron chi connectivity index (χ3n) is 4.17. The van der Waals surface area contributed by atoms with Gasteiger partial charge in [0.05, 0.1) is 0 Å². The zero-order valence-corrected chi connectivity index (χ0v) is 15.8. The van der Waals surface area contributed by atoms with Crippen LogP contribution in [0, 0.1) is 0 Å². The molecule has 0 bridgehead atoms. The molecular weight excluding hydrogens is 445 g/mol. The van der Waals surface area contributed by atoms with Gasteiger partial charge in [-0.05, 0) is 0 Å². The van der Waals surface area contributed by atoms with Gasteiger partial charge < -0.3 is 49.4 Å². The van der Waals surface area contributed by atoms with Crippen LogP contribution < -0.4 is 0 Å². The largest absolute Gasteiger partial charge is 0.470 e. The summed E-state index contributed by atoms with van der Waals surface area (Å²) in [5, 5.41) is 31.4. The number of phosphoric ester groups is 3. The summed E-state index contributed by atoms with van der Waals surface area (Å²) in [5.41, 5.74) is -5.83. The van der Waals surface area contributed by atoms with Gasteiger partial charge in [0.15, 0.2) is 11.2 Å². The van der Waals surface area contributed by atoms with Crippen molar-refractivity contribution in [1.29, 1.82) is 0 Å². The molecule has 2 rings (SSSR count). The number of hydrogen-bond acceptors (Lipinski definition) is 10. The Labute approximate surface area is 150 Å². The average molecular weight is 462 g/mol. The predicted octanol–water partition coefficient (Wildman–Crippen LogP) is -3.71. The van der Waals surface area contributed by atoms with Crippen LogP contribution in [0.5, 0.6) is 0 Å². The molecule has 0 amide bonds. The van der Waals surface area contributed by atoms with Crippen LogP contribution in [0.15, 0.2) is 0 Å². The van der Waals surface area contributed by atoms with E-state index in [1.54, 1.807) is 0 Å². The van der Waals surface area contributed by atoms with Gasteiger partial charge in [-0.2, -0.15) is 0 Å². The summed E-state index contributed by atoms with van der Waals surface area (Å²) >= 11 is 0. The molecule has 0 aromatic rings. The van der Waals surface area contributed by atoms with Crippen molar-refractivity contribution in [2.24, 2.45) is 0 Å². The molecule has 27 heavy (non-hydrogen) atoms. The van der Waals surface area contributed by atoms with E-state index >= 15 is 0 Å². The van der Waals surface area contributed by atoms with E-state index in [2.05, 4.69) is 13.6 Å². The van der Waals surface area contributed by atoms with Crippen molar-refractivity contribution >= 4 is 23.5 Å². The first-order chi connectivity index (χ1) is 11.9. The third kappa shape index (κ3) is 4.22. The normalized spacial score (nSPS) is 42.7. The summed E-state index contributed by atoms with van der Waals surface area (Å²) in [6.07, 6.45) is -11.9. The van der Waals surface area contributed by atoms with Crippen molar-refractivity contribution in [1.82, 2.24) is 0 Å². The van der Waals surface area contributed by atoms with Crippen molar-refractivity contribution in [3.8, 4) is 0 Å². The fourth-order valence-corrected chi connectivity index (χ4v) is 5.00. The van der Waals surface area contributed by atoms with Crippen LogP contribution >= 0.6 is 23.5 Å². The Morgan fingerprint density at radius 3 is 1.48 bits per heavy atom. The topological polar surface area (TPSA) is 270 Å². The van der Waals surface area contributed by atoms with Crippen LogP contribution in [0.3, 0.4) is 0 Å². The first-order valence-corrected chi connectivity index (χ1v) is 11.3. The van der Waals surface area contributed by atoms with Gasteiger partial charge in [0.1, 0.15) is 30.5 Å². The molecule has 0 saturated heterocycles. The second-order valence-electron chi connectivity index (χ2n) is 5.85. The van der Waals surface area contributed by atoms with Crippen molar-refractivity contribution in [3.63, 3.8) is 0 Å². The second kappa shape index (κ2) is 6.86. The molecule has 16 nitrogen and oxygen atoms in total. The highest BCUT2D eigenvalue weighted by molar-refractivity contribution is 7.46. The lowest BCUT2D eigenvalue weighted by Crippen LogP contribution is -2.65. The maximum absolute atomic E-state index is 11.2. The first kappa shape index (κ1) is 23.4. The fourth-order valence-electron chi connectivity index (χ4n) is 3.28. The summed E-state index contributed by atoms with van der Waals surface area (Å²) in [7, 11) is -15.6. The molecule has 2 saturated carbocycles. The van der Waals surface area contributed by atoms with Crippen LogP contribution in [-0.4, -0.2) is 93.5 Å². The van der Waals surface area contributed by atoms with E-state index in [1.807, 2.05) is 0 Å². The molecule has 0 aromatic heterocycles. The van der Waals surface area contributed by atoms with E-state index in [9.17, 15) is 29.0 Å². The van der Waals surface area contributed by atoms with E-state index in [4.69, 9.17) is 34.1 Å². The number of hydrogen-bond donors (Lipinski definition) is 9. The van der Waals surface area contributed by atoms with Gasteiger partial charge in [0, 0.05) is 7.11 Å². The molecule has 2 aliphatic rings. The Hall–Kier alpha value is 0.170. The molecule has 9 N–H and O–H groups in total. The monoisotopic (exact) mass is 462 g/mol. The van der Waals surface area contributed by atoms with Crippen molar-refractivity contribution in [2.75, 3.05) is 7.11 Å². The second-order valence-corrected chi connectivity index (χ2v) is 9.43. The van der Waals surface area contributed by atoms with Crippen LogP contribution in [-0.2, 0) is 32.0 Å². The minimum atomic E-state index is -5.52. The van der Waals surface area contributed by atoms with E-state index < -0.39 is 65.2 Å². The Morgan fingerprint density at radius 1 is 0.741 bits per heavy atom. The van der Waals surface area contributed by atoms with Gasteiger partial charge in [-0.15, -0.1) is 0 Å². The SMILES string of the molecule is COC1[C@@]2(O)[C@H](OP(=O)(O)O)[C@@H](O)[C@H](OP(=O)(O)O)[C@@H](OP(=O)(O)O)[C@@]12O. The molecule has 0 heterocycles. The quantitative estimate of drug-likeness (QED) is 0.165. The predicted molar refractivity (Wildman–Crippen MR) is 77.5 cm³/mol. The maximum atomic E-state index is 11.2. The lowest BCUT2D eigenvalue weighted by molar-refractivity contribution is -0.212. The fraction of sp³-hybridized carbons (Fsp3) is 1.00. The van der Waals surface area contributed by atoms with Crippen molar-refractivity contribution < 1.29 is 76.7 Å². The molecule has 2 fully saturated rings. The highest BCUT2D eigenvalue weighted by Gasteiger charge is 2.90. The number of fused-ring (bicyclic) bond motifs is 1. The molecule has 0 radical (unpaired) electrons. The maximum Gasteiger partial charge on any atom is 0.470 e. The lowest BCUT2D eigenvalue weighted by atomic mass is 9.85. The van der Waals surface area contributed by atoms with Gasteiger partial charge in [-0.1, -0.05) is 0 Å². The number of aliphatic hydroxyl groups is 3. The molecule has 7 atom stereocenters. The molecule has 0 aromatic carbocycles. The third-order valence-corrected chi connectivity index (χ3v) is 5.69. The number of phosphoric acid groups is 3. The lowest BCUT2D eigenvalue weighted by Gasteiger charge is -2.43. The Balaban J connectivity index is 2.58. The highest BCUT2D eigenvalue weighted by Crippen LogP contribution is 2.65. The summed E-state index contributed by atoms with van der Waals surface area (Å²) in [6, 6.07) is 0.